The zero-order valence-electron chi connectivity index (χ0n) is 9.25. The molecule has 2 amide bonds. The zero-order valence-corrected chi connectivity index (χ0v) is 9.25. The Morgan fingerprint density at radius 1 is 1.35 bits per heavy atom. The van der Waals surface area contributed by atoms with Gasteiger partial charge in [0.25, 0.3) is 5.91 Å². The van der Waals surface area contributed by atoms with Crippen molar-refractivity contribution in [3.63, 3.8) is 0 Å². The monoisotopic (exact) mass is 246 g/mol. The quantitative estimate of drug-likeness (QED) is 0.664. The molecule has 96 valence electrons. The summed E-state index contributed by atoms with van der Waals surface area (Å²) < 4.78 is 13.8. The third-order valence-electron chi connectivity index (χ3n) is 3.39. The molecule has 0 aromatic rings. The Hall–Kier alpha value is -1.37. The highest BCUT2D eigenvalue weighted by Crippen LogP contribution is 2.24. The summed E-state index contributed by atoms with van der Waals surface area (Å²) in [6.45, 7) is 0.359. The summed E-state index contributed by atoms with van der Waals surface area (Å²) in [5, 5.41) is 18.0. The van der Waals surface area contributed by atoms with E-state index in [0.717, 1.165) is 4.90 Å². The van der Waals surface area contributed by atoms with Crippen LogP contribution in [0.25, 0.3) is 0 Å². The summed E-state index contributed by atoms with van der Waals surface area (Å²) in [5.74, 6) is -0.443. The third-order valence-corrected chi connectivity index (χ3v) is 3.39. The first-order valence-electron chi connectivity index (χ1n) is 5.61. The van der Waals surface area contributed by atoms with Gasteiger partial charge in [-0.3, -0.25) is 4.79 Å². The minimum atomic E-state index is -1.38. The van der Waals surface area contributed by atoms with E-state index in [0.29, 0.717) is 13.0 Å². The van der Waals surface area contributed by atoms with Gasteiger partial charge in [0.2, 0.25) is 0 Å². The molecule has 2 N–H and O–H groups in total. The van der Waals surface area contributed by atoms with Crippen LogP contribution in [0.1, 0.15) is 12.8 Å². The van der Waals surface area contributed by atoms with E-state index >= 15 is 0 Å². The van der Waals surface area contributed by atoms with Crippen molar-refractivity contribution in [3.8, 4) is 0 Å². The summed E-state index contributed by atoms with van der Waals surface area (Å²) >= 11 is 0. The van der Waals surface area contributed by atoms with E-state index in [1.807, 2.05) is 0 Å². The number of piperidine rings is 1. The number of nitrogens with zero attached hydrogens (tertiary/aromatic N) is 2. The number of carboxylic acid groups (broad SMARTS) is 1. The number of hydrogen-bond acceptors (Lipinski definition) is 3. The van der Waals surface area contributed by atoms with E-state index in [-0.39, 0.29) is 19.5 Å². The van der Waals surface area contributed by atoms with Crippen molar-refractivity contribution in [3.05, 3.63) is 0 Å². The minimum absolute atomic E-state index is 0.208. The largest absolute Gasteiger partial charge is 0.465 e. The molecule has 0 saturated carbocycles. The molecule has 1 unspecified atom stereocenters. The van der Waals surface area contributed by atoms with Crippen LogP contribution in [0, 0.1) is 0 Å². The van der Waals surface area contributed by atoms with Crippen LogP contribution in [0.5, 0.6) is 0 Å². The highest BCUT2D eigenvalue weighted by atomic mass is 19.1. The van der Waals surface area contributed by atoms with Crippen LogP contribution in [0.4, 0.5) is 9.18 Å². The molecule has 3 atom stereocenters. The summed E-state index contributed by atoms with van der Waals surface area (Å²) in [6, 6.07) is -0.602. The molecular weight excluding hydrogens is 231 g/mol. The molecule has 0 aromatic carbocycles. The van der Waals surface area contributed by atoms with Gasteiger partial charge in [0, 0.05) is 13.1 Å². The first kappa shape index (κ1) is 12.1. The maximum Gasteiger partial charge on any atom is 0.407 e. The first-order chi connectivity index (χ1) is 8.00. The number of carbonyl (C=O) groups excluding carboxylic acids is 1. The molecule has 2 heterocycles. The van der Waals surface area contributed by atoms with Gasteiger partial charge in [0.05, 0.1) is 12.6 Å². The van der Waals surface area contributed by atoms with Crippen LogP contribution < -0.4 is 0 Å². The summed E-state index contributed by atoms with van der Waals surface area (Å²) in [7, 11) is 0. The maximum absolute atomic E-state index is 13.8. The van der Waals surface area contributed by atoms with Gasteiger partial charge in [0.1, 0.15) is 12.3 Å². The number of likely N-dealkylation sites (tertiary alicyclic amines) is 2. The number of alkyl halides is 1. The Bertz CT molecular complexity index is 338. The maximum atomic E-state index is 13.8. The molecule has 0 bridgehead atoms. The van der Waals surface area contributed by atoms with Gasteiger partial charge in [0.15, 0.2) is 0 Å². The van der Waals surface area contributed by atoms with Gasteiger partial charge in [-0.05, 0) is 12.8 Å². The lowest BCUT2D eigenvalue weighted by Crippen LogP contribution is -2.54. The number of halogens is 1. The lowest BCUT2D eigenvalue weighted by Gasteiger charge is -2.37. The summed E-state index contributed by atoms with van der Waals surface area (Å²) in [6.07, 6.45) is -2.94. The molecule has 2 aliphatic heterocycles. The van der Waals surface area contributed by atoms with Crippen molar-refractivity contribution in [2.75, 3.05) is 19.6 Å². The molecule has 17 heavy (non-hydrogen) atoms. The van der Waals surface area contributed by atoms with Gasteiger partial charge >= 0.3 is 6.09 Å². The number of amides is 2. The van der Waals surface area contributed by atoms with E-state index in [1.165, 1.54) is 4.90 Å². The van der Waals surface area contributed by atoms with E-state index < -0.39 is 30.3 Å². The molecule has 0 radical (unpaired) electrons. The predicted molar refractivity (Wildman–Crippen MR) is 55.2 cm³/mol. The van der Waals surface area contributed by atoms with Gasteiger partial charge in [-0.15, -0.1) is 0 Å². The van der Waals surface area contributed by atoms with E-state index in [4.69, 9.17) is 5.11 Å². The molecule has 7 heteroatoms. The average molecular weight is 246 g/mol. The Morgan fingerprint density at radius 2 is 2.06 bits per heavy atom. The van der Waals surface area contributed by atoms with Gasteiger partial charge in [-0.2, -0.15) is 0 Å². The van der Waals surface area contributed by atoms with Crippen molar-refractivity contribution < 1.29 is 24.2 Å². The lowest BCUT2D eigenvalue weighted by atomic mass is 10.0. The number of aliphatic hydroxyl groups is 1. The minimum Gasteiger partial charge on any atom is -0.465 e. The van der Waals surface area contributed by atoms with Crippen LogP contribution in [0.2, 0.25) is 0 Å². The third kappa shape index (κ3) is 2.19. The highest BCUT2D eigenvalue weighted by molar-refractivity contribution is 5.83. The van der Waals surface area contributed by atoms with E-state index in [9.17, 15) is 19.1 Å². The van der Waals surface area contributed by atoms with Crippen molar-refractivity contribution in [1.82, 2.24) is 9.80 Å². The zero-order chi connectivity index (χ0) is 12.6. The molecule has 0 spiro atoms. The second kappa shape index (κ2) is 4.48. The fraction of sp³-hybridized carbons (Fsp3) is 0.800. The summed E-state index contributed by atoms with van der Waals surface area (Å²) in [5.41, 5.74) is 0. The van der Waals surface area contributed by atoms with E-state index in [2.05, 4.69) is 0 Å². The fourth-order valence-electron chi connectivity index (χ4n) is 2.43. The second-order valence-electron chi connectivity index (χ2n) is 4.44. The number of hydrogen-bond donors (Lipinski definition) is 2. The Morgan fingerprint density at radius 3 is 2.53 bits per heavy atom. The Labute approximate surface area is 97.6 Å². The number of rotatable bonds is 1. The highest BCUT2D eigenvalue weighted by Gasteiger charge is 2.41. The second-order valence-corrected chi connectivity index (χ2v) is 4.44. The molecular formula is C10H15FN2O4. The Balaban J connectivity index is 2.00. The number of carbonyl (C=O) groups is 2. The topological polar surface area (TPSA) is 81.1 Å². The van der Waals surface area contributed by atoms with Gasteiger partial charge in [-0.25, -0.2) is 9.18 Å². The van der Waals surface area contributed by atoms with Crippen LogP contribution in [-0.4, -0.2) is 70.0 Å². The molecule has 0 aromatic heterocycles. The normalized spacial score (nSPS) is 34.2. The lowest BCUT2D eigenvalue weighted by molar-refractivity contribution is -0.138. The van der Waals surface area contributed by atoms with Crippen molar-refractivity contribution in [1.29, 1.82) is 0 Å². The standard InChI is InChI=1S/C10H15FN2O4/c11-6-5-12(10(16)17)3-1-7(6)13-4-2-8(14)9(13)15/h6-8,14H,1-5H2,(H,16,17)/t6-,7+,8?/m0/s1. The smallest absolute Gasteiger partial charge is 0.407 e. The van der Waals surface area contributed by atoms with Crippen LogP contribution >= 0.6 is 0 Å². The SMILES string of the molecule is O=C(O)N1CC[C@@H](N2CCC(O)C2=O)[C@@H](F)C1. The van der Waals surface area contributed by atoms with E-state index in [1.54, 1.807) is 0 Å². The van der Waals surface area contributed by atoms with Gasteiger partial charge < -0.3 is 20.0 Å². The van der Waals surface area contributed by atoms with Gasteiger partial charge in [-0.1, -0.05) is 0 Å². The van der Waals surface area contributed by atoms with Crippen molar-refractivity contribution in [2.45, 2.75) is 31.2 Å². The van der Waals surface area contributed by atoms with Crippen LogP contribution in [0.15, 0.2) is 0 Å². The van der Waals surface area contributed by atoms with Crippen LogP contribution in [-0.2, 0) is 4.79 Å². The first-order valence-corrected chi connectivity index (χ1v) is 5.61. The molecule has 2 saturated heterocycles. The molecule has 2 rings (SSSR count). The molecule has 0 aliphatic carbocycles. The van der Waals surface area contributed by atoms with Crippen molar-refractivity contribution >= 4 is 12.0 Å². The average Bonchev–Trinajstić information content (AvgIpc) is 2.60. The van der Waals surface area contributed by atoms with Crippen LogP contribution in [0.3, 0.4) is 0 Å². The number of aliphatic hydroxyl groups excluding tert-OH is 1. The predicted octanol–water partition coefficient (Wildman–Crippen LogP) is -0.330. The fourth-order valence-corrected chi connectivity index (χ4v) is 2.43. The molecule has 2 aliphatic rings. The summed E-state index contributed by atoms with van der Waals surface area (Å²) in [4.78, 5) is 24.6. The van der Waals surface area contributed by atoms with Crippen molar-refractivity contribution in [2.24, 2.45) is 0 Å². The Kier molecular flexibility index (Phi) is 3.19. The molecule has 2 fully saturated rings. The molecule has 6 nitrogen and oxygen atoms in total.